The Hall–Kier alpha value is -1.58. The van der Waals surface area contributed by atoms with Gasteiger partial charge in [-0.05, 0) is 83.4 Å². The Morgan fingerprint density at radius 1 is 0.906 bits per heavy atom. The molecule has 0 aliphatic carbocycles. The second-order valence-corrected chi connectivity index (χ2v) is 27.1. The number of hydrogen-bond acceptors (Lipinski definition) is 9. The van der Waals surface area contributed by atoms with Gasteiger partial charge in [0, 0.05) is 38.4 Å². The molecule has 53 heavy (non-hydrogen) atoms. The number of allylic oxidation sites excluding steroid dienone is 5. The van der Waals surface area contributed by atoms with Gasteiger partial charge in [-0.2, -0.15) is 0 Å². The van der Waals surface area contributed by atoms with Gasteiger partial charge in [0.2, 0.25) is 5.76 Å². The van der Waals surface area contributed by atoms with E-state index in [0.717, 1.165) is 12.0 Å². The number of carbonyl (C=O) groups is 1. The van der Waals surface area contributed by atoms with Gasteiger partial charge < -0.3 is 37.6 Å². The smallest absolute Gasteiger partial charge is 0.373 e. The molecule has 0 aromatic heterocycles. The van der Waals surface area contributed by atoms with Crippen LogP contribution in [-0.4, -0.2) is 91.5 Å². The number of cyclic esters (lactones) is 1. The molecule has 9 nitrogen and oxygen atoms in total. The highest BCUT2D eigenvalue weighted by molar-refractivity contribution is 6.70. The van der Waals surface area contributed by atoms with Gasteiger partial charge in [0.1, 0.15) is 12.2 Å². The molecule has 1 saturated heterocycles. The van der Waals surface area contributed by atoms with Crippen LogP contribution in [-0.2, 0) is 37.3 Å². The molecule has 11 heteroatoms. The Bertz CT molecular complexity index is 1300. The third-order valence-electron chi connectivity index (χ3n) is 10.7. The van der Waals surface area contributed by atoms with Crippen LogP contribution >= 0.6 is 0 Å². The maximum atomic E-state index is 14.2. The first-order valence-electron chi connectivity index (χ1n) is 19.7. The minimum atomic E-state index is -1.96. The quantitative estimate of drug-likeness (QED) is 0.172. The van der Waals surface area contributed by atoms with Crippen molar-refractivity contribution < 1.29 is 42.4 Å². The Morgan fingerprint density at radius 2 is 1.51 bits per heavy atom. The summed E-state index contributed by atoms with van der Waals surface area (Å²) < 4.78 is 44.9. The predicted molar refractivity (Wildman–Crippen MR) is 219 cm³/mol. The van der Waals surface area contributed by atoms with Crippen LogP contribution in [0.4, 0.5) is 0 Å². The number of ether oxygens (including phenoxy) is 5. The summed E-state index contributed by atoms with van der Waals surface area (Å²) in [6.07, 6.45) is 8.13. The van der Waals surface area contributed by atoms with Crippen molar-refractivity contribution >= 4 is 22.6 Å². The minimum absolute atomic E-state index is 0.0272. The summed E-state index contributed by atoms with van der Waals surface area (Å²) >= 11 is 0. The molecular formula is C42H76O9Si2. The molecule has 306 valence electrons. The third kappa shape index (κ3) is 13.5. The van der Waals surface area contributed by atoms with Gasteiger partial charge in [-0.15, -0.1) is 0 Å². The zero-order valence-corrected chi connectivity index (χ0v) is 38.4. The molecule has 12 atom stereocenters. The number of methoxy groups -OCH3 is 3. The van der Waals surface area contributed by atoms with E-state index >= 15 is 0 Å². The van der Waals surface area contributed by atoms with Crippen LogP contribution < -0.4 is 0 Å². The number of hydrogen-bond donors (Lipinski definition) is 1. The van der Waals surface area contributed by atoms with Crippen molar-refractivity contribution in [1.82, 2.24) is 0 Å². The van der Waals surface area contributed by atoms with Gasteiger partial charge in [0.25, 0.3) is 0 Å². The number of aliphatic hydroxyl groups excluding tert-OH is 1. The summed E-state index contributed by atoms with van der Waals surface area (Å²) in [6.45, 7) is 32.0. The van der Waals surface area contributed by atoms with Gasteiger partial charge in [0.05, 0.1) is 31.5 Å². The molecule has 0 saturated carbocycles. The third-order valence-corrected chi connectivity index (χ3v) is 12.7. The molecule has 0 unspecified atom stereocenters. The van der Waals surface area contributed by atoms with Crippen LogP contribution in [0.5, 0.6) is 0 Å². The Labute approximate surface area is 325 Å². The molecule has 0 spiro atoms. The fourth-order valence-electron chi connectivity index (χ4n) is 8.08. The average Bonchev–Trinajstić information content (AvgIpc) is 3.05. The number of aliphatic hydroxyl groups is 1. The molecule has 2 aliphatic rings. The predicted octanol–water partition coefficient (Wildman–Crippen LogP) is 9.07. The number of esters is 1. The molecule has 0 amide bonds. The van der Waals surface area contributed by atoms with Crippen LogP contribution in [0.3, 0.4) is 0 Å². The van der Waals surface area contributed by atoms with Crippen molar-refractivity contribution in [2.45, 2.75) is 157 Å². The fourth-order valence-corrected chi connectivity index (χ4v) is 10.5. The highest BCUT2D eigenvalue weighted by Crippen LogP contribution is 2.45. The maximum absolute atomic E-state index is 14.2. The van der Waals surface area contributed by atoms with Gasteiger partial charge in [0.15, 0.2) is 22.4 Å². The van der Waals surface area contributed by atoms with Gasteiger partial charge in [-0.25, -0.2) is 4.79 Å². The molecule has 0 radical (unpaired) electrons. The normalized spacial score (nSPS) is 38.9. The first-order chi connectivity index (χ1) is 24.4. The van der Waals surface area contributed by atoms with Crippen molar-refractivity contribution in [3.63, 3.8) is 0 Å². The standard InChI is InChI=1S/C42H76O9Si2/c1-26(2)38-31(7)36(50-52(13,14)15)25-42(47-12,49-38)33(9)40-32(8)37(43)34(45-10)21-19-20-27(3)22-29(5)39(51-53(16,17)18)30(6)23-28(4)24-35(46-11)41(44)48-40/h19-21,23-24,26,29-34,36-40,43H,22,25H2,1-18H3/b21-19+,27-20+,28-23+,35-24-/t29-,30+,31-,32+,33-,34-,36+,37+,38+,39-,40+,42+/m0/s1. The first-order valence-corrected chi connectivity index (χ1v) is 26.5. The van der Waals surface area contributed by atoms with E-state index < -0.39 is 58.5 Å². The van der Waals surface area contributed by atoms with Gasteiger partial charge in [-0.3, -0.25) is 0 Å². The van der Waals surface area contributed by atoms with Crippen molar-refractivity contribution in [1.29, 1.82) is 0 Å². The van der Waals surface area contributed by atoms with Crippen molar-refractivity contribution in [2.75, 3.05) is 21.3 Å². The van der Waals surface area contributed by atoms with E-state index in [-0.39, 0.29) is 47.7 Å². The molecule has 1 fully saturated rings. The van der Waals surface area contributed by atoms with E-state index in [1.54, 1.807) is 20.3 Å². The van der Waals surface area contributed by atoms with Crippen molar-refractivity contribution in [3.8, 4) is 0 Å². The number of carbonyl (C=O) groups excluding carboxylic acids is 1. The summed E-state index contributed by atoms with van der Waals surface area (Å²) in [4.78, 5) is 14.2. The molecule has 1 N–H and O–H groups in total. The topological polar surface area (TPSA) is 102 Å². The lowest BCUT2D eigenvalue weighted by molar-refractivity contribution is -0.337. The van der Waals surface area contributed by atoms with Crippen molar-refractivity contribution in [3.05, 3.63) is 47.3 Å². The summed E-state index contributed by atoms with van der Waals surface area (Å²) in [5.41, 5.74) is 2.06. The second kappa shape index (κ2) is 20.0. The van der Waals surface area contributed by atoms with Crippen LogP contribution in [0.25, 0.3) is 0 Å². The minimum Gasteiger partial charge on any atom is -0.490 e. The van der Waals surface area contributed by atoms with E-state index in [1.807, 2.05) is 32.9 Å². The summed E-state index contributed by atoms with van der Waals surface area (Å²) in [7, 11) is 0.844. The lowest BCUT2D eigenvalue weighted by Gasteiger charge is -2.53. The van der Waals surface area contributed by atoms with Gasteiger partial charge in [-0.1, -0.05) is 83.9 Å². The van der Waals surface area contributed by atoms with Crippen LogP contribution in [0.2, 0.25) is 39.3 Å². The first kappa shape index (κ1) is 47.6. The zero-order chi connectivity index (χ0) is 40.6. The van der Waals surface area contributed by atoms with Crippen LogP contribution in [0, 0.1) is 35.5 Å². The largest absolute Gasteiger partial charge is 0.490 e. The summed E-state index contributed by atoms with van der Waals surface area (Å²) in [6, 6.07) is 0. The van der Waals surface area contributed by atoms with E-state index in [4.69, 9.17) is 32.5 Å². The Kier molecular flexibility index (Phi) is 18.0. The highest BCUT2D eigenvalue weighted by atomic mass is 28.4. The second-order valence-electron chi connectivity index (χ2n) is 18.1. The zero-order valence-electron chi connectivity index (χ0n) is 36.4. The lowest BCUT2D eigenvalue weighted by Crippen LogP contribution is -2.61. The molecule has 2 aliphatic heterocycles. The Balaban J connectivity index is 2.78. The maximum Gasteiger partial charge on any atom is 0.373 e. The van der Waals surface area contributed by atoms with Crippen LogP contribution in [0.1, 0.15) is 75.2 Å². The van der Waals surface area contributed by atoms with Crippen molar-refractivity contribution in [2.24, 2.45) is 35.5 Å². The SMILES string of the molecule is CO/C1=C\C(C)=C\[C@@H](C)[C@@H](O[Si](C)(C)C)[C@@H](C)C/C(C)=C/C=C/[C@H](OC)[C@H](O)[C@@H](C)[C@H]([C@H](C)[C@@]2(OC)C[C@@H](O[Si](C)(C)C)[C@H](C)[C@@H](C(C)C)O2)OC1=O. The monoisotopic (exact) mass is 781 g/mol. The summed E-state index contributed by atoms with van der Waals surface area (Å²) in [5, 5.41) is 12.0. The van der Waals surface area contributed by atoms with E-state index in [1.165, 1.54) is 12.7 Å². The average molecular weight is 781 g/mol. The fraction of sp³-hybridized carbons (Fsp3) is 0.786. The van der Waals surface area contributed by atoms with Gasteiger partial charge >= 0.3 is 5.97 Å². The lowest BCUT2D eigenvalue weighted by atomic mass is 9.76. The molecule has 2 heterocycles. The molecule has 0 aromatic carbocycles. The molecular weight excluding hydrogens is 705 g/mol. The number of rotatable bonds is 10. The molecule has 0 bridgehead atoms. The summed E-state index contributed by atoms with van der Waals surface area (Å²) in [5.74, 6) is -2.30. The van der Waals surface area contributed by atoms with Crippen LogP contribution in [0.15, 0.2) is 47.3 Å². The Morgan fingerprint density at radius 3 is 2.02 bits per heavy atom. The van der Waals surface area contributed by atoms with E-state index in [0.29, 0.717) is 6.42 Å². The van der Waals surface area contributed by atoms with E-state index in [9.17, 15) is 9.90 Å². The van der Waals surface area contributed by atoms with E-state index in [2.05, 4.69) is 93.0 Å². The molecule has 2 rings (SSSR count). The molecule has 0 aromatic rings. The highest BCUT2D eigenvalue weighted by Gasteiger charge is 2.55.